The molecule has 0 aromatic heterocycles. The second-order valence-electron chi connectivity index (χ2n) is 5.14. The van der Waals surface area contributed by atoms with Gasteiger partial charge in [0.1, 0.15) is 6.34 Å². The van der Waals surface area contributed by atoms with Gasteiger partial charge < -0.3 is 5.11 Å². The molecule has 1 aliphatic rings. The van der Waals surface area contributed by atoms with Gasteiger partial charge in [-0.3, -0.25) is 4.90 Å². The number of hydrogen-bond donors (Lipinski definition) is 1. The lowest BCUT2D eigenvalue weighted by molar-refractivity contribution is 0.168. The van der Waals surface area contributed by atoms with Gasteiger partial charge in [0.25, 0.3) is 0 Å². The molecule has 3 aromatic carbocycles. The number of carbonyl (C=O) groups is 1. The molecule has 4 rings (SSSR count). The zero-order valence-corrected chi connectivity index (χ0v) is 11.2. The van der Waals surface area contributed by atoms with E-state index in [1.165, 1.54) is 16.6 Å². The van der Waals surface area contributed by atoms with E-state index in [1.807, 2.05) is 24.3 Å². The zero-order valence-electron chi connectivity index (χ0n) is 11.2. The summed E-state index contributed by atoms with van der Waals surface area (Å²) in [4.78, 5) is 16.6. The lowest BCUT2D eigenvalue weighted by Gasteiger charge is -2.21. The number of nitrogens with zero attached hydrogens (tertiary/aromatic N) is 2. The zero-order chi connectivity index (χ0) is 14.4. The van der Waals surface area contributed by atoms with E-state index in [0.29, 0.717) is 6.54 Å². The SMILES string of the molecule is O=C(O)N1C=Nc2ccc3cc4ccccc4cc3c2C1. The van der Waals surface area contributed by atoms with Crippen LogP contribution in [0.1, 0.15) is 5.56 Å². The van der Waals surface area contributed by atoms with E-state index < -0.39 is 6.09 Å². The van der Waals surface area contributed by atoms with Crippen molar-refractivity contribution in [1.29, 1.82) is 0 Å². The van der Waals surface area contributed by atoms with Gasteiger partial charge in [0.15, 0.2) is 0 Å². The summed E-state index contributed by atoms with van der Waals surface area (Å²) in [7, 11) is 0. The number of benzene rings is 3. The number of rotatable bonds is 0. The highest BCUT2D eigenvalue weighted by Gasteiger charge is 2.19. The Balaban J connectivity index is 2.00. The number of aliphatic imine (C=N–C) groups is 1. The van der Waals surface area contributed by atoms with Crippen LogP contribution in [0.15, 0.2) is 53.5 Å². The molecule has 3 aromatic rings. The van der Waals surface area contributed by atoms with Gasteiger partial charge in [-0.25, -0.2) is 9.79 Å². The Morgan fingerprint density at radius 1 is 1.05 bits per heavy atom. The molecule has 0 bridgehead atoms. The summed E-state index contributed by atoms with van der Waals surface area (Å²) in [6.07, 6.45) is 0.388. The number of fused-ring (bicyclic) bond motifs is 4. The highest BCUT2D eigenvalue weighted by molar-refractivity contribution is 6.02. The second kappa shape index (κ2) is 4.31. The standard InChI is InChI=1S/C17H12N2O2/c20-17(21)19-9-15-14-8-12-4-2-1-3-11(12)7-13(14)5-6-16(15)18-10-19/h1-8,10H,9H2,(H,20,21). The normalized spacial score (nSPS) is 13.6. The van der Waals surface area contributed by atoms with Crippen LogP contribution in [0, 0.1) is 0 Å². The van der Waals surface area contributed by atoms with Crippen molar-refractivity contribution in [2.24, 2.45) is 4.99 Å². The first kappa shape index (κ1) is 11.9. The van der Waals surface area contributed by atoms with E-state index in [2.05, 4.69) is 29.3 Å². The summed E-state index contributed by atoms with van der Waals surface area (Å²) < 4.78 is 0. The minimum Gasteiger partial charge on any atom is -0.465 e. The molecule has 0 atom stereocenters. The Hall–Kier alpha value is -2.88. The monoisotopic (exact) mass is 276 g/mol. The van der Waals surface area contributed by atoms with Crippen molar-refractivity contribution in [1.82, 2.24) is 4.90 Å². The van der Waals surface area contributed by atoms with Crippen molar-refractivity contribution in [3.63, 3.8) is 0 Å². The van der Waals surface area contributed by atoms with Gasteiger partial charge in [-0.2, -0.15) is 0 Å². The van der Waals surface area contributed by atoms with E-state index in [9.17, 15) is 4.79 Å². The number of carboxylic acid groups (broad SMARTS) is 1. The Kier molecular flexibility index (Phi) is 2.44. The maximum Gasteiger partial charge on any atom is 0.412 e. The summed E-state index contributed by atoms with van der Waals surface area (Å²) in [6, 6.07) is 16.4. The van der Waals surface area contributed by atoms with Gasteiger partial charge in [-0.1, -0.05) is 30.3 Å². The molecule has 1 aliphatic heterocycles. The van der Waals surface area contributed by atoms with Gasteiger partial charge in [-0.15, -0.1) is 0 Å². The second-order valence-corrected chi connectivity index (χ2v) is 5.14. The molecule has 4 heteroatoms. The molecule has 0 saturated carbocycles. The first-order chi connectivity index (χ1) is 10.2. The summed E-state index contributed by atoms with van der Waals surface area (Å²) in [5.74, 6) is 0. The average molecular weight is 276 g/mol. The minimum atomic E-state index is -0.984. The van der Waals surface area contributed by atoms with Gasteiger partial charge in [-0.05, 0) is 39.7 Å². The minimum absolute atomic E-state index is 0.337. The van der Waals surface area contributed by atoms with Crippen LogP contribution in [0.5, 0.6) is 0 Å². The predicted octanol–water partition coefficient (Wildman–Crippen LogP) is 4.15. The molecule has 1 amide bonds. The molecule has 4 nitrogen and oxygen atoms in total. The molecule has 1 N–H and O–H groups in total. The molecule has 102 valence electrons. The van der Waals surface area contributed by atoms with Crippen LogP contribution < -0.4 is 0 Å². The molecule has 0 unspecified atom stereocenters. The summed E-state index contributed by atoms with van der Waals surface area (Å²) in [5.41, 5.74) is 1.80. The Bertz CT molecular complexity index is 915. The first-order valence-corrected chi connectivity index (χ1v) is 6.70. The molecule has 0 aliphatic carbocycles. The van der Waals surface area contributed by atoms with Crippen LogP contribution in [-0.2, 0) is 6.54 Å². The Morgan fingerprint density at radius 3 is 2.57 bits per heavy atom. The maximum absolute atomic E-state index is 11.1. The fourth-order valence-corrected chi connectivity index (χ4v) is 2.81. The Morgan fingerprint density at radius 2 is 1.81 bits per heavy atom. The van der Waals surface area contributed by atoms with E-state index >= 15 is 0 Å². The van der Waals surface area contributed by atoms with Crippen LogP contribution in [0.3, 0.4) is 0 Å². The third-order valence-corrected chi connectivity index (χ3v) is 3.88. The van der Waals surface area contributed by atoms with E-state index in [-0.39, 0.29) is 0 Å². The van der Waals surface area contributed by atoms with Gasteiger partial charge >= 0.3 is 6.09 Å². The van der Waals surface area contributed by atoms with Crippen LogP contribution in [0.4, 0.5) is 10.5 Å². The molecule has 1 heterocycles. The van der Waals surface area contributed by atoms with Crippen LogP contribution in [-0.4, -0.2) is 22.4 Å². The van der Waals surface area contributed by atoms with Gasteiger partial charge in [0.2, 0.25) is 0 Å². The fraction of sp³-hybridized carbons (Fsp3) is 0.0588. The quantitative estimate of drug-likeness (QED) is 0.627. The van der Waals surface area contributed by atoms with Crippen molar-refractivity contribution in [2.45, 2.75) is 6.54 Å². The highest BCUT2D eigenvalue weighted by Crippen LogP contribution is 2.34. The van der Waals surface area contributed by atoms with Crippen molar-refractivity contribution in [3.05, 3.63) is 54.1 Å². The largest absolute Gasteiger partial charge is 0.465 e. The van der Waals surface area contributed by atoms with Crippen molar-refractivity contribution in [3.8, 4) is 0 Å². The summed E-state index contributed by atoms with van der Waals surface area (Å²) >= 11 is 0. The molecule has 0 spiro atoms. The first-order valence-electron chi connectivity index (χ1n) is 6.70. The topological polar surface area (TPSA) is 52.9 Å². The molecule has 0 radical (unpaired) electrons. The number of amides is 1. The van der Waals surface area contributed by atoms with Crippen molar-refractivity contribution in [2.75, 3.05) is 0 Å². The molecule has 0 saturated heterocycles. The summed E-state index contributed by atoms with van der Waals surface area (Å²) in [5, 5.41) is 13.6. The lowest BCUT2D eigenvalue weighted by atomic mass is 9.98. The molecular weight excluding hydrogens is 264 g/mol. The summed E-state index contributed by atoms with van der Waals surface area (Å²) in [6.45, 7) is 0.337. The van der Waals surface area contributed by atoms with Crippen molar-refractivity contribution < 1.29 is 9.90 Å². The smallest absolute Gasteiger partial charge is 0.412 e. The molecule has 0 fully saturated rings. The van der Waals surface area contributed by atoms with Gasteiger partial charge in [0.05, 0.1) is 12.2 Å². The van der Waals surface area contributed by atoms with Crippen LogP contribution in [0.2, 0.25) is 0 Å². The van der Waals surface area contributed by atoms with Crippen LogP contribution in [0.25, 0.3) is 21.5 Å². The highest BCUT2D eigenvalue weighted by atomic mass is 16.4. The maximum atomic E-state index is 11.1. The van der Waals surface area contributed by atoms with E-state index in [0.717, 1.165) is 27.4 Å². The van der Waals surface area contributed by atoms with Crippen LogP contribution >= 0.6 is 0 Å². The van der Waals surface area contributed by atoms with Crippen molar-refractivity contribution >= 4 is 39.7 Å². The average Bonchev–Trinajstić information content (AvgIpc) is 2.52. The fourth-order valence-electron chi connectivity index (χ4n) is 2.81. The predicted molar refractivity (Wildman–Crippen MR) is 83.2 cm³/mol. The molecule has 21 heavy (non-hydrogen) atoms. The molecular formula is C17H12N2O2. The lowest BCUT2D eigenvalue weighted by Crippen LogP contribution is -2.29. The van der Waals surface area contributed by atoms with Gasteiger partial charge in [0, 0.05) is 5.56 Å². The number of hydrogen-bond acceptors (Lipinski definition) is 2. The third kappa shape index (κ3) is 1.84. The van der Waals surface area contributed by atoms with E-state index in [4.69, 9.17) is 5.11 Å². The third-order valence-electron chi connectivity index (χ3n) is 3.88. The van der Waals surface area contributed by atoms with E-state index in [1.54, 1.807) is 0 Å². The Labute approximate surface area is 120 Å².